The molecule has 0 aliphatic carbocycles. The number of hydrogen-bond acceptors (Lipinski definition) is 2. The Balaban J connectivity index is 3.56. The van der Waals surface area contributed by atoms with Gasteiger partial charge in [0.15, 0.2) is 0 Å². The van der Waals surface area contributed by atoms with E-state index in [0.717, 1.165) is 5.84 Å². The summed E-state index contributed by atoms with van der Waals surface area (Å²) in [7, 11) is 1.82. The van der Waals surface area contributed by atoms with Crippen molar-refractivity contribution in [1.29, 1.82) is 0 Å². The first kappa shape index (κ1) is 7.43. The molecule has 3 heteroatoms. The summed E-state index contributed by atoms with van der Waals surface area (Å²) in [6, 6.07) is 0. The summed E-state index contributed by atoms with van der Waals surface area (Å²) in [6.45, 7) is 3.71. The number of amidine groups is 1. The molecule has 0 aliphatic heterocycles. The van der Waals surface area contributed by atoms with Gasteiger partial charge in [-0.15, -0.1) is 0 Å². The molecular formula is C5H13N3. The van der Waals surface area contributed by atoms with E-state index < -0.39 is 0 Å². The van der Waals surface area contributed by atoms with Gasteiger partial charge >= 0.3 is 0 Å². The van der Waals surface area contributed by atoms with Crippen LogP contribution in [0, 0.1) is 0 Å². The second-order valence-corrected chi connectivity index (χ2v) is 1.71. The first-order valence-electron chi connectivity index (χ1n) is 2.64. The lowest BCUT2D eigenvalue weighted by atomic mass is 10.6. The summed E-state index contributed by atoms with van der Waals surface area (Å²) in [5.74, 6) is 0.875. The molecule has 8 heavy (non-hydrogen) atoms. The van der Waals surface area contributed by atoms with E-state index in [0.29, 0.717) is 0 Å². The van der Waals surface area contributed by atoms with Gasteiger partial charge in [0.2, 0.25) is 0 Å². The highest BCUT2D eigenvalue weighted by molar-refractivity contribution is 5.79. The minimum atomic E-state index is -0.0950. The van der Waals surface area contributed by atoms with Gasteiger partial charge in [0.25, 0.3) is 0 Å². The molecule has 0 fully saturated rings. The van der Waals surface area contributed by atoms with Gasteiger partial charge in [0.05, 0.1) is 12.0 Å². The maximum absolute atomic E-state index is 5.34. The Morgan fingerprint density at radius 3 is 2.38 bits per heavy atom. The van der Waals surface area contributed by atoms with E-state index in [-0.39, 0.29) is 6.17 Å². The largest absolute Gasteiger partial charge is 0.377 e. The fourth-order valence-electron chi connectivity index (χ4n) is 0.370. The highest BCUT2D eigenvalue weighted by Crippen LogP contribution is 1.76. The van der Waals surface area contributed by atoms with Crippen LogP contribution in [0.5, 0.6) is 0 Å². The Morgan fingerprint density at radius 2 is 2.25 bits per heavy atom. The molecule has 0 aromatic rings. The number of rotatable bonds is 1. The second kappa shape index (κ2) is 3.43. The molecule has 0 saturated carbocycles. The first-order chi connectivity index (χ1) is 3.66. The van der Waals surface area contributed by atoms with Gasteiger partial charge in [-0.1, -0.05) is 0 Å². The molecule has 3 N–H and O–H groups in total. The van der Waals surface area contributed by atoms with Crippen molar-refractivity contribution >= 4 is 5.84 Å². The molecule has 48 valence electrons. The highest BCUT2D eigenvalue weighted by Gasteiger charge is 1.86. The van der Waals surface area contributed by atoms with E-state index >= 15 is 0 Å². The van der Waals surface area contributed by atoms with Crippen LogP contribution in [-0.4, -0.2) is 19.0 Å². The summed E-state index contributed by atoms with van der Waals surface area (Å²) >= 11 is 0. The van der Waals surface area contributed by atoms with E-state index in [1.54, 1.807) is 0 Å². The van der Waals surface area contributed by atoms with Crippen LogP contribution >= 0.6 is 0 Å². The fourth-order valence-corrected chi connectivity index (χ4v) is 0.370. The van der Waals surface area contributed by atoms with Crippen LogP contribution in [0.25, 0.3) is 0 Å². The molecule has 0 spiro atoms. The quantitative estimate of drug-likeness (QED) is 0.371. The summed E-state index contributed by atoms with van der Waals surface area (Å²) < 4.78 is 0. The summed E-state index contributed by atoms with van der Waals surface area (Å²) in [4.78, 5) is 3.98. The Labute approximate surface area is 50.0 Å². The molecule has 0 amide bonds. The van der Waals surface area contributed by atoms with Gasteiger partial charge in [-0.05, 0) is 13.8 Å². The minimum Gasteiger partial charge on any atom is -0.377 e. The topological polar surface area (TPSA) is 50.4 Å². The summed E-state index contributed by atoms with van der Waals surface area (Å²) in [6.07, 6.45) is -0.0950. The maximum atomic E-state index is 5.34. The van der Waals surface area contributed by atoms with Crippen molar-refractivity contribution in [2.75, 3.05) is 7.05 Å². The first-order valence-corrected chi connectivity index (χ1v) is 2.64. The zero-order valence-electron chi connectivity index (χ0n) is 5.60. The Morgan fingerprint density at radius 1 is 1.75 bits per heavy atom. The van der Waals surface area contributed by atoms with Crippen LogP contribution in [0.2, 0.25) is 0 Å². The monoisotopic (exact) mass is 115 g/mol. The average molecular weight is 115 g/mol. The lowest BCUT2D eigenvalue weighted by Gasteiger charge is -1.99. The van der Waals surface area contributed by atoms with Crippen LogP contribution in [0.1, 0.15) is 13.8 Å². The zero-order valence-corrected chi connectivity index (χ0v) is 5.60. The third kappa shape index (κ3) is 3.61. The number of nitrogens with zero attached hydrogens (tertiary/aromatic N) is 1. The molecule has 0 rings (SSSR count). The molecule has 0 radical (unpaired) electrons. The van der Waals surface area contributed by atoms with E-state index in [1.165, 1.54) is 0 Å². The predicted molar refractivity (Wildman–Crippen MR) is 35.8 cm³/mol. The van der Waals surface area contributed by atoms with E-state index in [9.17, 15) is 0 Å². The van der Waals surface area contributed by atoms with Gasteiger partial charge in [0.1, 0.15) is 0 Å². The molecule has 0 bridgehead atoms. The normalized spacial score (nSPS) is 15.8. The Kier molecular flexibility index (Phi) is 3.19. The van der Waals surface area contributed by atoms with Crippen LogP contribution < -0.4 is 11.1 Å². The number of nitrogens with two attached hydrogens (primary N) is 1. The average Bonchev–Trinajstić information content (AvgIpc) is 1.65. The van der Waals surface area contributed by atoms with Gasteiger partial charge in [0, 0.05) is 7.05 Å². The van der Waals surface area contributed by atoms with Crippen molar-refractivity contribution in [2.45, 2.75) is 20.0 Å². The SMILES string of the molecule is CN/C(C)=N\C(C)N. The molecule has 0 saturated heterocycles. The van der Waals surface area contributed by atoms with Gasteiger partial charge < -0.3 is 11.1 Å². The molecule has 0 aromatic heterocycles. The zero-order chi connectivity index (χ0) is 6.57. The standard InChI is InChI=1S/C5H13N3/c1-4(6)8-5(2)7-3/h4H,6H2,1-3H3,(H,7,8). The van der Waals surface area contributed by atoms with Crippen molar-refractivity contribution in [3.8, 4) is 0 Å². The third-order valence-corrected chi connectivity index (χ3v) is 0.759. The van der Waals surface area contributed by atoms with Crippen molar-refractivity contribution in [3.05, 3.63) is 0 Å². The van der Waals surface area contributed by atoms with Crippen LogP contribution in [0.15, 0.2) is 4.99 Å². The number of nitrogens with one attached hydrogen (secondary N) is 1. The van der Waals surface area contributed by atoms with E-state index in [4.69, 9.17) is 5.73 Å². The molecule has 0 heterocycles. The van der Waals surface area contributed by atoms with Crippen molar-refractivity contribution in [1.82, 2.24) is 5.32 Å². The van der Waals surface area contributed by atoms with Crippen molar-refractivity contribution < 1.29 is 0 Å². The Hall–Kier alpha value is -0.570. The van der Waals surface area contributed by atoms with Crippen LogP contribution in [-0.2, 0) is 0 Å². The second-order valence-electron chi connectivity index (χ2n) is 1.71. The number of hydrogen-bond donors (Lipinski definition) is 2. The molecule has 1 unspecified atom stereocenters. The van der Waals surface area contributed by atoms with Crippen molar-refractivity contribution in [3.63, 3.8) is 0 Å². The molecule has 0 aliphatic rings. The van der Waals surface area contributed by atoms with Crippen molar-refractivity contribution in [2.24, 2.45) is 10.7 Å². The Bertz CT molecular complexity index is 85.7. The van der Waals surface area contributed by atoms with Gasteiger partial charge in [-0.3, -0.25) is 4.99 Å². The third-order valence-electron chi connectivity index (χ3n) is 0.759. The molecule has 0 aromatic carbocycles. The summed E-state index contributed by atoms with van der Waals surface area (Å²) in [5, 5.41) is 2.87. The smallest absolute Gasteiger partial charge is 0.0960 e. The predicted octanol–water partition coefficient (Wildman–Crippen LogP) is -0.0711. The molecule has 3 nitrogen and oxygen atoms in total. The number of aliphatic imine (C=N–C) groups is 1. The summed E-state index contributed by atoms with van der Waals surface area (Å²) in [5.41, 5.74) is 5.34. The highest BCUT2D eigenvalue weighted by atomic mass is 15.0. The minimum absolute atomic E-state index is 0.0950. The van der Waals surface area contributed by atoms with Crippen LogP contribution in [0.4, 0.5) is 0 Å². The lowest BCUT2D eigenvalue weighted by molar-refractivity contribution is 0.784. The maximum Gasteiger partial charge on any atom is 0.0960 e. The van der Waals surface area contributed by atoms with Gasteiger partial charge in [-0.2, -0.15) is 0 Å². The molecule has 1 atom stereocenters. The lowest BCUT2D eigenvalue weighted by Crippen LogP contribution is -2.20. The van der Waals surface area contributed by atoms with Gasteiger partial charge in [-0.25, -0.2) is 0 Å². The van der Waals surface area contributed by atoms with E-state index in [1.807, 2.05) is 20.9 Å². The fraction of sp³-hybridized carbons (Fsp3) is 0.800. The molecular weight excluding hydrogens is 102 g/mol. The van der Waals surface area contributed by atoms with Crippen LogP contribution in [0.3, 0.4) is 0 Å². The van der Waals surface area contributed by atoms with E-state index in [2.05, 4.69) is 10.3 Å².